The van der Waals surface area contributed by atoms with Crippen molar-refractivity contribution in [2.45, 2.75) is 33.9 Å². The van der Waals surface area contributed by atoms with Crippen LogP contribution in [0.1, 0.15) is 30.5 Å². The Bertz CT molecular complexity index is 629. The maximum atomic E-state index is 5.92. The van der Waals surface area contributed by atoms with Gasteiger partial charge in [-0.05, 0) is 42.6 Å². The largest absolute Gasteiger partial charge is 0.493 e. The highest BCUT2D eigenvalue weighted by Gasteiger charge is 2.06. The van der Waals surface area contributed by atoms with Gasteiger partial charge in [-0.15, -0.1) is 12.4 Å². The van der Waals surface area contributed by atoms with E-state index in [1.807, 2.05) is 12.1 Å². The molecule has 0 bridgehead atoms. The van der Waals surface area contributed by atoms with Crippen LogP contribution in [0.4, 0.5) is 0 Å². The van der Waals surface area contributed by atoms with Gasteiger partial charge in [0.1, 0.15) is 6.61 Å². The molecule has 0 fully saturated rings. The summed E-state index contributed by atoms with van der Waals surface area (Å²) in [6, 6.07) is 14.5. The predicted octanol–water partition coefficient (Wildman–Crippen LogP) is 4.75. The Morgan fingerprint density at radius 2 is 1.79 bits per heavy atom. The number of rotatable bonds is 8. The van der Waals surface area contributed by atoms with Crippen molar-refractivity contribution in [3.8, 4) is 11.5 Å². The van der Waals surface area contributed by atoms with E-state index in [2.05, 4.69) is 56.4 Å². The second kappa shape index (κ2) is 10.2. The quantitative estimate of drug-likeness (QED) is 0.746. The van der Waals surface area contributed by atoms with Gasteiger partial charge in [0.2, 0.25) is 0 Å². The van der Waals surface area contributed by atoms with Crippen LogP contribution in [0.5, 0.6) is 11.5 Å². The molecular weight excluding hydrogens is 322 g/mol. The molecule has 0 amide bonds. The first-order valence-electron chi connectivity index (χ1n) is 8.14. The van der Waals surface area contributed by atoms with Crippen LogP contribution in [0.2, 0.25) is 0 Å². The Kier molecular flexibility index (Phi) is 8.66. The molecule has 2 aromatic rings. The highest BCUT2D eigenvalue weighted by atomic mass is 35.5. The van der Waals surface area contributed by atoms with E-state index in [1.165, 1.54) is 11.1 Å². The molecule has 0 aliphatic carbocycles. The summed E-state index contributed by atoms with van der Waals surface area (Å²) in [5, 5.41) is 3.44. The molecule has 2 aromatic carbocycles. The highest BCUT2D eigenvalue weighted by Crippen LogP contribution is 2.29. The Labute approximate surface area is 151 Å². The summed E-state index contributed by atoms with van der Waals surface area (Å²) in [6.45, 7) is 8.89. The van der Waals surface area contributed by atoms with Crippen molar-refractivity contribution in [3.05, 3.63) is 59.2 Å². The first-order valence-corrected chi connectivity index (χ1v) is 8.14. The number of halogens is 1. The van der Waals surface area contributed by atoms with E-state index in [4.69, 9.17) is 9.47 Å². The van der Waals surface area contributed by atoms with E-state index in [-0.39, 0.29) is 12.4 Å². The molecule has 0 saturated heterocycles. The first kappa shape index (κ1) is 20.3. The fourth-order valence-electron chi connectivity index (χ4n) is 2.41. The average molecular weight is 350 g/mol. The van der Waals surface area contributed by atoms with Crippen LogP contribution < -0.4 is 14.8 Å². The van der Waals surface area contributed by atoms with Gasteiger partial charge in [0.15, 0.2) is 11.5 Å². The lowest BCUT2D eigenvalue weighted by molar-refractivity contribution is 0.284. The molecule has 3 nitrogen and oxygen atoms in total. The fraction of sp³-hybridized carbons (Fsp3) is 0.400. The van der Waals surface area contributed by atoms with Gasteiger partial charge in [0.25, 0.3) is 0 Å². The van der Waals surface area contributed by atoms with Gasteiger partial charge < -0.3 is 14.8 Å². The molecular formula is C20H28ClNO2. The van der Waals surface area contributed by atoms with Gasteiger partial charge in [-0.2, -0.15) is 0 Å². The Morgan fingerprint density at radius 1 is 1.00 bits per heavy atom. The number of hydrogen-bond donors (Lipinski definition) is 1. The molecule has 0 aliphatic rings. The van der Waals surface area contributed by atoms with E-state index >= 15 is 0 Å². The summed E-state index contributed by atoms with van der Waals surface area (Å²) in [6.07, 6.45) is 0. The minimum atomic E-state index is 0. The lowest BCUT2D eigenvalue weighted by atomic mass is 10.1. The first-order chi connectivity index (χ1) is 11.1. The topological polar surface area (TPSA) is 30.5 Å². The van der Waals surface area contributed by atoms with Gasteiger partial charge >= 0.3 is 0 Å². The van der Waals surface area contributed by atoms with Crippen molar-refractivity contribution < 1.29 is 9.47 Å². The summed E-state index contributed by atoms with van der Waals surface area (Å²) >= 11 is 0. The minimum absolute atomic E-state index is 0. The van der Waals surface area contributed by atoms with Gasteiger partial charge in [-0.3, -0.25) is 0 Å². The number of nitrogens with one attached hydrogen (secondary N) is 1. The lowest BCUT2D eigenvalue weighted by Gasteiger charge is -2.13. The van der Waals surface area contributed by atoms with Crippen molar-refractivity contribution in [3.63, 3.8) is 0 Å². The molecule has 0 unspecified atom stereocenters. The van der Waals surface area contributed by atoms with E-state index in [0.29, 0.717) is 12.5 Å². The second-order valence-corrected chi connectivity index (χ2v) is 6.29. The van der Waals surface area contributed by atoms with E-state index in [9.17, 15) is 0 Å². The number of benzene rings is 2. The summed E-state index contributed by atoms with van der Waals surface area (Å²) in [5.41, 5.74) is 3.60. The second-order valence-electron chi connectivity index (χ2n) is 6.29. The average Bonchev–Trinajstić information content (AvgIpc) is 2.53. The molecule has 0 radical (unpaired) electrons. The Hall–Kier alpha value is -1.71. The number of ether oxygens (including phenoxy) is 2. The normalized spacial score (nSPS) is 10.4. The van der Waals surface area contributed by atoms with Crippen LogP contribution in [0.15, 0.2) is 42.5 Å². The number of methoxy groups -OCH3 is 1. The molecule has 0 heterocycles. The van der Waals surface area contributed by atoms with Crippen LogP contribution in [-0.2, 0) is 13.2 Å². The Balaban J connectivity index is 0.00000288. The molecule has 0 saturated carbocycles. The molecule has 0 atom stereocenters. The molecule has 0 aliphatic heterocycles. The third-order valence-corrected chi connectivity index (χ3v) is 3.59. The third kappa shape index (κ3) is 6.42. The summed E-state index contributed by atoms with van der Waals surface area (Å²) in [5.74, 6) is 2.21. The van der Waals surface area contributed by atoms with Crippen molar-refractivity contribution >= 4 is 12.4 Å². The maximum Gasteiger partial charge on any atom is 0.161 e. The summed E-state index contributed by atoms with van der Waals surface area (Å²) < 4.78 is 11.4. The van der Waals surface area contributed by atoms with Crippen molar-refractivity contribution in [1.82, 2.24) is 5.32 Å². The van der Waals surface area contributed by atoms with Crippen molar-refractivity contribution in [2.24, 2.45) is 5.92 Å². The Morgan fingerprint density at radius 3 is 2.46 bits per heavy atom. The zero-order valence-electron chi connectivity index (χ0n) is 15.0. The molecule has 2 rings (SSSR count). The van der Waals surface area contributed by atoms with Gasteiger partial charge in [-0.25, -0.2) is 0 Å². The molecule has 0 spiro atoms. The molecule has 132 valence electrons. The van der Waals surface area contributed by atoms with Crippen LogP contribution >= 0.6 is 12.4 Å². The van der Waals surface area contributed by atoms with Crippen LogP contribution in [0.3, 0.4) is 0 Å². The zero-order chi connectivity index (χ0) is 16.7. The molecule has 4 heteroatoms. The minimum Gasteiger partial charge on any atom is -0.493 e. The van der Waals surface area contributed by atoms with Crippen molar-refractivity contribution in [2.75, 3.05) is 13.7 Å². The van der Waals surface area contributed by atoms with Crippen LogP contribution in [0, 0.1) is 12.8 Å². The summed E-state index contributed by atoms with van der Waals surface area (Å²) in [4.78, 5) is 0. The van der Waals surface area contributed by atoms with Crippen LogP contribution in [-0.4, -0.2) is 13.7 Å². The standard InChI is InChI=1S/C20H27NO2.ClH/c1-15(2)12-21-13-17-8-9-19(20(11-17)22-4)23-14-18-7-5-6-16(3)10-18;/h5-11,15,21H,12-14H2,1-4H3;1H. The van der Waals surface area contributed by atoms with E-state index in [1.54, 1.807) is 7.11 Å². The highest BCUT2D eigenvalue weighted by molar-refractivity contribution is 5.85. The fourth-order valence-corrected chi connectivity index (χ4v) is 2.41. The van der Waals surface area contributed by atoms with E-state index in [0.717, 1.165) is 30.2 Å². The predicted molar refractivity (Wildman–Crippen MR) is 102 cm³/mol. The van der Waals surface area contributed by atoms with Gasteiger partial charge in [0, 0.05) is 6.54 Å². The maximum absolute atomic E-state index is 5.92. The SMILES string of the molecule is COc1cc(CNCC(C)C)ccc1OCc1cccc(C)c1.Cl. The molecule has 1 N–H and O–H groups in total. The smallest absolute Gasteiger partial charge is 0.161 e. The van der Waals surface area contributed by atoms with Crippen LogP contribution in [0.25, 0.3) is 0 Å². The lowest BCUT2D eigenvalue weighted by Crippen LogP contribution is -2.18. The molecule has 0 aromatic heterocycles. The monoisotopic (exact) mass is 349 g/mol. The third-order valence-electron chi connectivity index (χ3n) is 3.59. The number of aryl methyl sites for hydroxylation is 1. The van der Waals surface area contributed by atoms with Crippen molar-refractivity contribution in [1.29, 1.82) is 0 Å². The van der Waals surface area contributed by atoms with E-state index < -0.39 is 0 Å². The molecule has 24 heavy (non-hydrogen) atoms. The van der Waals surface area contributed by atoms with Gasteiger partial charge in [-0.1, -0.05) is 49.7 Å². The zero-order valence-corrected chi connectivity index (χ0v) is 15.8. The van der Waals surface area contributed by atoms with Gasteiger partial charge in [0.05, 0.1) is 7.11 Å². The summed E-state index contributed by atoms with van der Waals surface area (Å²) in [7, 11) is 1.68. The number of hydrogen-bond acceptors (Lipinski definition) is 3.